The molecule has 4 nitrogen and oxygen atoms in total. The SMILES string of the molecule is O.O=S(=O)(O)C1C2C[C]3CC(C2)CC1C3. The first-order chi connectivity index (χ1) is 6.54. The molecule has 4 saturated carbocycles. The van der Waals surface area contributed by atoms with Gasteiger partial charge in [0, 0.05) is 0 Å². The summed E-state index contributed by atoms with van der Waals surface area (Å²) in [5, 5.41) is -0.442. The van der Waals surface area contributed by atoms with Crippen molar-refractivity contribution in [2.75, 3.05) is 0 Å². The molecule has 5 heteroatoms. The van der Waals surface area contributed by atoms with E-state index >= 15 is 0 Å². The average Bonchev–Trinajstić information content (AvgIpc) is 1.97. The van der Waals surface area contributed by atoms with E-state index in [-0.39, 0.29) is 17.3 Å². The van der Waals surface area contributed by atoms with Crippen LogP contribution in [0.25, 0.3) is 0 Å². The Morgan fingerprint density at radius 2 is 1.60 bits per heavy atom. The van der Waals surface area contributed by atoms with E-state index in [0.717, 1.165) is 31.6 Å². The van der Waals surface area contributed by atoms with Crippen molar-refractivity contribution in [2.24, 2.45) is 17.8 Å². The van der Waals surface area contributed by atoms with Crippen LogP contribution < -0.4 is 0 Å². The zero-order chi connectivity index (χ0) is 9.92. The molecular formula is C10H17O4S. The van der Waals surface area contributed by atoms with Crippen LogP contribution in [0, 0.1) is 23.7 Å². The lowest BCUT2D eigenvalue weighted by molar-refractivity contribution is 0.0925. The van der Waals surface area contributed by atoms with Crippen molar-refractivity contribution in [1.82, 2.24) is 0 Å². The van der Waals surface area contributed by atoms with E-state index in [4.69, 9.17) is 0 Å². The van der Waals surface area contributed by atoms with Crippen molar-refractivity contribution in [3.8, 4) is 0 Å². The number of hydrogen-bond acceptors (Lipinski definition) is 2. The van der Waals surface area contributed by atoms with Crippen LogP contribution in [0.3, 0.4) is 0 Å². The molecule has 0 aromatic carbocycles. The molecule has 4 aliphatic rings. The fourth-order valence-electron chi connectivity index (χ4n) is 4.06. The fraction of sp³-hybridized carbons (Fsp3) is 0.900. The molecule has 0 aliphatic heterocycles. The van der Waals surface area contributed by atoms with Gasteiger partial charge in [-0.15, -0.1) is 0 Å². The Morgan fingerprint density at radius 3 is 2.00 bits per heavy atom. The van der Waals surface area contributed by atoms with Crippen LogP contribution in [-0.4, -0.2) is 23.7 Å². The Labute approximate surface area is 90.1 Å². The van der Waals surface area contributed by atoms with Crippen molar-refractivity contribution in [1.29, 1.82) is 0 Å². The van der Waals surface area contributed by atoms with E-state index in [1.165, 1.54) is 6.42 Å². The van der Waals surface area contributed by atoms with Gasteiger partial charge in [0.25, 0.3) is 10.1 Å². The van der Waals surface area contributed by atoms with Crippen molar-refractivity contribution in [2.45, 2.75) is 37.4 Å². The zero-order valence-electron chi connectivity index (χ0n) is 8.52. The van der Waals surface area contributed by atoms with Crippen LogP contribution in [0.4, 0.5) is 0 Å². The molecule has 0 heterocycles. The van der Waals surface area contributed by atoms with E-state index in [9.17, 15) is 13.0 Å². The quantitative estimate of drug-likeness (QED) is 0.681. The maximum atomic E-state index is 11.3. The highest BCUT2D eigenvalue weighted by Gasteiger charge is 2.52. The van der Waals surface area contributed by atoms with Crippen molar-refractivity contribution < 1.29 is 18.4 Å². The van der Waals surface area contributed by atoms with Crippen LogP contribution in [0.1, 0.15) is 32.1 Å². The van der Waals surface area contributed by atoms with Crippen LogP contribution >= 0.6 is 0 Å². The highest BCUT2D eigenvalue weighted by molar-refractivity contribution is 7.86. The predicted molar refractivity (Wildman–Crippen MR) is 55.7 cm³/mol. The molecule has 3 N–H and O–H groups in total. The molecule has 0 spiro atoms. The van der Waals surface area contributed by atoms with Gasteiger partial charge in [0.1, 0.15) is 0 Å². The van der Waals surface area contributed by atoms with Gasteiger partial charge in [0.15, 0.2) is 0 Å². The van der Waals surface area contributed by atoms with E-state index in [1.807, 2.05) is 0 Å². The van der Waals surface area contributed by atoms with Gasteiger partial charge in [-0.05, 0) is 55.8 Å². The van der Waals surface area contributed by atoms with Gasteiger partial charge in [-0.3, -0.25) is 4.55 Å². The number of rotatable bonds is 1. The lowest BCUT2D eigenvalue weighted by Crippen LogP contribution is -2.50. The van der Waals surface area contributed by atoms with Gasteiger partial charge in [0.05, 0.1) is 5.25 Å². The summed E-state index contributed by atoms with van der Waals surface area (Å²) in [5.74, 6) is 2.74. The summed E-state index contributed by atoms with van der Waals surface area (Å²) in [6.45, 7) is 0. The summed E-state index contributed by atoms with van der Waals surface area (Å²) in [4.78, 5) is 0. The Hall–Kier alpha value is -0.130. The topological polar surface area (TPSA) is 85.9 Å². The minimum atomic E-state index is -3.80. The van der Waals surface area contributed by atoms with Gasteiger partial charge in [-0.2, -0.15) is 8.42 Å². The van der Waals surface area contributed by atoms with Gasteiger partial charge < -0.3 is 5.48 Å². The fourth-order valence-corrected chi connectivity index (χ4v) is 5.45. The second-order valence-corrected chi connectivity index (χ2v) is 6.77. The lowest BCUT2D eigenvalue weighted by Gasteiger charge is -2.52. The Morgan fingerprint density at radius 1 is 1.07 bits per heavy atom. The Kier molecular flexibility index (Phi) is 2.60. The highest BCUT2D eigenvalue weighted by Crippen LogP contribution is 2.56. The van der Waals surface area contributed by atoms with E-state index < -0.39 is 15.4 Å². The van der Waals surface area contributed by atoms with Crippen LogP contribution in [0.15, 0.2) is 0 Å². The Balaban J connectivity index is 0.000000853. The number of hydrogen-bond donors (Lipinski definition) is 1. The molecule has 15 heavy (non-hydrogen) atoms. The van der Waals surface area contributed by atoms with E-state index in [1.54, 1.807) is 5.92 Å². The third-order valence-corrected chi connectivity index (χ3v) is 5.68. The van der Waals surface area contributed by atoms with Gasteiger partial charge in [-0.1, -0.05) is 0 Å². The van der Waals surface area contributed by atoms with Crippen molar-refractivity contribution in [3.63, 3.8) is 0 Å². The maximum absolute atomic E-state index is 11.3. The second-order valence-electron chi connectivity index (χ2n) is 5.20. The molecule has 2 atom stereocenters. The normalized spacial score (nSPS) is 44.1. The first kappa shape index (κ1) is 11.4. The molecule has 4 bridgehead atoms. The predicted octanol–water partition coefficient (Wildman–Crippen LogP) is 0.832. The molecule has 1 radical (unpaired) electrons. The zero-order valence-corrected chi connectivity index (χ0v) is 9.33. The third kappa shape index (κ3) is 1.70. The first-order valence-electron chi connectivity index (χ1n) is 5.34. The molecular weight excluding hydrogens is 216 g/mol. The molecule has 0 aromatic heterocycles. The van der Waals surface area contributed by atoms with E-state index in [2.05, 4.69) is 0 Å². The minimum absolute atomic E-state index is 0. The summed E-state index contributed by atoms with van der Waals surface area (Å²) >= 11 is 0. The van der Waals surface area contributed by atoms with Crippen LogP contribution in [0.5, 0.6) is 0 Å². The third-order valence-electron chi connectivity index (χ3n) is 4.22. The monoisotopic (exact) mass is 233 g/mol. The van der Waals surface area contributed by atoms with Crippen molar-refractivity contribution >= 4 is 10.1 Å². The summed E-state index contributed by atoms with van der Waals surface area (Å²) in [7, 11) is -3.80. The molecule has 4 aliphatic carbocycles. The summed E-state index contributed by atoms with van der Waals surface area (Å²) in [5.41, 5.74) is 0. The largest absolute Gasteiger partial charge is 0.412 e. The van der Waals surface area contributed by atoms with Gasteiger partial charge in [-0.25, -0.2) is 0 Å². The highest BCUT2D eigenvalue weighted by atomic mass is 32.2. The Bertz CT molecular complexity index is 320. The summed E-state index contributed by atoms with van der Waals surface area (Å²) in [6, 6.07) is 0. The van der Waals surface area contributed by atoms with E-state index in [0.29, 0.717) is 0 Å². The van der Waals surface area contributed by atoms with Gasteiger partial charge in [0.2, 0.25) is 0 Å². The second kappa shape index (κ2) is 3.43. The maximum Gasteiger partial charge on any atom is 0.268 e. The lowest BCUT2D eigenvalue weighted by atomic mass is 9.56. The standard InChI is InChI=1S/C10H15O3S.H2O/c11-14(12,13)10-8-2-6-1-7(4-8)5-9(10)3-6;/h6,8-10H,1-5H2,(H,11,12,13);1H2. The van der Waals surface area contributed by atoms with Crippen molar-refractivity contribution in [3.05, 3.63) is 5.92 Å². The summed E-state index contributed by atoms with van der Waals surface area (Å²) in [6.07, 6.45) is 5.18. The molecule has 0 amide bonds. The van der Waals surface area contributed by atoms with Gasteiger partial charge >= 0.3 is 0 Å². The molecule has 4 fully saturated rings. The molecule has 0 saturated heterocycles. The van der Waals surface area contributed by atoms with Crippen LogP contribution in [0.2, 0.25) is 0 Å². The molecule has 4 rings (SSSR count). The minimum Gasteiger partial charge on any atom is -0.412 e. The molecule has 2 unspecified atom stereocenters. The van der Waals surface area contributed by atoms with Crippen LogP contribution in [-0.2, 0) is 10.1 Å². The first-order valence-corrected chi connectivity index (χ1v) is 6.84. The average molecular weight is 233 g/mol. The molecule has 0 aromatic rings. The smallest absolute Gasteiger partial charge is 0.268 e. The summed E-state index contributed by atoms with van der Waals surface area (Å²) < 4.78 is 31.7. The molecule has 87 valence electrons.